The zero-order valence-electron chi connectivity index (χ0n) is 16.1. The number of halogens is 1. The first-order chi connectivity index (χ1) is 13.9. The fourth-order valence-corrected chi connectivity index (χ4v) is 3.63. The highest BCUT2D eigenvalue weighted by atomic mass is 32.2. The van der Waals surface area contributed by atoms with Crippen molar-refractivity contribution in [2.24, 2.45) is 0 Å². The lowest BCUT2D eigenvalue weighted by Gasteiger charge is -2.13. The van der Waals surface area contributed by atoms with Crippen LogP contribution in [0.4, 0.5) is 15.8 Å². The maximum Gasteiger partial charge on any atom is 0.255 e. The number of hydrogen-bond acceptors (Lipinski definition) is 3. The molecule has 0 spiro atoms. The summed E-state index contributed by atoms with van der Waals surface area (Å²) in [4.78, 5) is 25.7. The minimum atomic E-state index is -0.373. The summed E-state index contributed by atoms with van der Waals surface area (Å²) < 4.78 is 13.0. The van der Waals surface area contributed by atoms with Crippen LogP contribution in [0, 0.1) is 12.7 Å². The Morgan fingerprint density at radius 3 is 2.34 bits per heavy atom. The third-order valence-corrected chi connectivity index (χ3v) is 5.37. The largest absolute Gasteiger partial charge is 0.325 e. The van der Waals surface area contributed by atoms with Gasteiger partial charge in [-0.05, 0) is 67.9 Å². The lowest BCUT2D eigenvalue weighted by Crippen LogP contribution is -2.22. The van der Waals surface area contributed by atoms with Gasteiger partial charge >= 0.3 is 0 Å². The first-order valence-corrected chi connectivity index (χ1v) is 10.0. The van der Waals surface area contributed by atoms with Crippen molar-refractivity contribution in [3.63, 3.8) is 0 Å². The zero-order valence-corrected chi connectivity index (χ0v) is 16.9. The van der Waals surface area contributed by atoms with Crippen LogP contribution >= 0.6 is 11.8 Å². The minimum Gasteiger partial charge on any atom is -0.325 e. The number of hydrogen-bond donors (Lipinski definition) is 2. The SMILES string of the molecule is Cc1ccccc1C(=O)Nc1cccc(SC(C)C(=O)Nc2ccc(F)cc2)c1. The topological polar surface area (TPSA) is 58.2 Å². The van der Waals surface area contributed by atoms with E-state index in [1.54, 1.807) is 13.0 Å². The van der Waals surface area contributed by atoms with Crippen LogP contribution in [0.5, 0.6) is 0 Å². The van der Waals surface area contributed by atoms with Gasteiger partial charge in [0.15, 0.2) is 0 Å². The highest BCUT2D eigenvalue weighted by molar-refractivity contribution is 8.00. The van der Waals surface area contributed by atoms with Gasteiger partial charge in [0.05, 0.1) is 5.25 Å². The van der Waals surface area contributed by atoms with Crippen molar-refractivity contribution in [1.29, 1.82) is 0 Å². The van der Waals surface area contributed by atoms with Gasteiger partial charge in [0.2, 0.25) is 5.91 Å². The van der Waals surface area contributed by atoms with Crippen molar-refractivity contribution in [3.8, 4) is 0 Å². The Labute approximate surface area is 173 Å². The fraction of sp³-hybridized carbons (Fsp3) is 0.130. The number of nitrogens with one attached hydrogen (secondary N) is 2. The molecule has 0 heterocycles. The molecule has 148 valence electrons. The van der Waals surface area contributed by atoms with E-state index in [1.807, 2.05) is 49.4 Å². The molecule has 4 nitrogen and oxygen atoms in total. The summed E-state index contributed by atoms with van der Waals surface area (Å²) in [5.41, 5.74) is 2.73. The molecule has 0 fully saturated rings. The molecule has 29 heavy (non-hydrogen) atoms. The van der Waals surface area contributed by atoms with Crippen molar-refractivity contribution in [3.05, 3.63) is 89.7 Å². The molecule has 2 amide bonds. The molecule has 0 radical (unpaired) electrons. The van der Waals surface area contributed by atoms with Gasteiger partial charge in [-0.1, -0.05) is 24.3 Å². The summed E-state index contributed by atoms with van der Waals surface area (Å²) >= 11 is 1.38. The van der Waals surface area contributed by atoms with Gasteiger partial charge in [0.25, 0.3) is 5.91 Å². The molecule has 0 bridgehead atoms. The lowest BCUT2D eigenvalue weighted by atomic mass is 10.1. The highest BCUT2D eigenvalue weighted by Crippen LogP contribution is 2.27. The third-order valence-electron chi connectivity index (χ3n) is 4.28. The molecule has 3 rings (SSSR count). The van der Waals surface area contributed by atoms with Gasteiger partial charge in [-0.15, -0.1) is 11.8 Å². The summed E-state index contributed by atoms with van der Waals surface area (Å²) in [5, 5.41) is 5.29. The maximum atomic E-state index is 13.0. The predicted molar refractivity (Wildman–Crippen MR) is 116 cm³/mol. The minimum absolute atomic E-state index is 0.174. The number of thioether (sulfide) groups is 1. The Balaban J connectivity index is 1.63. The Kier molecular flexibility index (Phi) is 6.67. The van der Waals surface area contributed by atoms with Gasteiger partial charge in [-0.3, -0.25) is 9.59 Å². The molecule has 6 heteroatoms. The number of amides is 2. The molecule has 2 N–H and O–H groups in total. The molecule has 0 aliphatic heterocycles. The van der Waals surface area contributed by atoms with E-state index in [4.69, 9.17) is 0 Å². The van der Waals surface area contributed by atoms with Crippen LogP contribution in [0.1, 0.15) is 22.8 Å². The third kappa shape index (κ3) is 5.68. The van der Waals surface area contributed by atoms with Crippen LogP contribution < -0.4 is 10.6 Å². The van der Waals surface area contributed by atoms with E-state index in [-0.39, 0.29) is 22.9 Å². The number of carbonyl (C=O) groups excluding carboxylic acids is 2. The van der Waals surface area contributed by atoms with Gasteiger partial charge in [0.1, 0.15) is 5.82 Å². The molecule has 3 aromatic carbocycles. The second-order valence-corrected chi connectivity index (χ2v) is 7.97. The van der Waals surface area contributed by atoms with Gasteiger partial charge in [0, 0.05) is 21.8 Å². The molecule has 0 aliphatic rings. The summed E-state index contributed by atoms with van der Waals surface area (Å²) in [6.07, 6.45) is 0. The van der Waals surface area contributed by atoms with Crippen LogP contribution in [0.3, 0.4) is 0 Å². The molecule has 3 aromatic rings. The van der Waals surface area contributed by atoms with E-state index in [2.05, 4.69) is 10.6 Å². The Bertz CT molecular complexity index is 1020. The molecule has 0 saturated heterocycles. The lowest BCUT2D eigenvalue weighted by molar-refractivity contribution is -0.115. The van der Waals surface area contributed by atoms with Crippen molar-refractivity contribution in [2.75, 3.05) is 10.6 Å². The fourth-order valence-electron chi connectivity index (χ4n) is 2.71. The molecule has 0 saturated carbocycles. The Morgan fingerprint density at radius 1 is 0.897 bits per heavy atom. The van der Waals surface area contributed by atoms with E-state index in [0.29, 0.717) is 16.9 Å². The van der Waals surface area contributed by atoms with Crippen LogP contribution in [0.25, 0.3) is 0 Å². The molecule has 0 aliphatic carbocycles. The normalized spacial score (nSPS) is 11.6. The van der Waals surface area contributed by atoms with Crippen molar-refractivity contribution < 1.29 is 14.0 Å². The first-order valence-electron chi connectivity index (χ1n) is 9.12. The van der Waals surface area contributed by atoms with E-state index >= 15 is 0 Å². The van der Waals surface area contributed by atoms with Crippen LogP contribution in [0.2, 0.25) is 0 Å². The van der Waals surface area contributed by atoms with Crippen molar-refractivity contribution in [1.82, 2.24) is 0 Å². The van der Waals surface area contributed by atoms with Crippen LogP contribution in [0.15, 0.2) is 77.7 Å². The summed E-state index contributed by atoms with van der Waals surface area (Å²) in [6, 6.07) is 20.4. The number of benzene rings is 3. The van der Waals surface area contributed by atoms with E-state index < -0.39 is 0 Å². The molecule has 1 atom stereocenters. The Hall–Kier alpha value is -3.12. The van der Waals surface area contributed by atoms with Crippen molar-refractivity contribution in [2.45, 2.75) is 24.0 Å². The maximum absolute atomic E-state index is 13.0. The standard InChI is InChI=1S/C23H21FN2O2S/c1-15-6-3-4-9-21(15)23(28)26-19-7-5-8-20(14-19)29-16(2)22(27)25-18-12-10-17(24)11-13-18/h3-14,16H,1-2H3,(H,25,27)(H,26,28). The van der Waals surface area contributed by atoms with E-state index in [0.717, 1.165) is 10.5 Å². The van der Waals surface area contributed by atoms with Crippen LogP contribution in [-0.2, 0) is 4.79 Å². The summed E-state index contributed by atoms with van der Waals surface area (Å²) in [5.74, 6) is -0.710. The average Bonchev–Trinajstić information content (AvgIpc) is 2.70. The number of anilines is 2. The highest BCUT2D eigenvalue weighted by Gasteiger charge is 2.15. The van der Waals surface area contributed by atoms with E-state index in [9.17, 15) is 14.0 Å². The van der Waals surface area contributed by atoms with Crippen LogP contribution in [-0.4, -0.2) is 17.1 Å². The molecule has 0 aromatic heterocycles. The summed E-state index contributed by atoms with van der Waals surface area (Å²) in [7, 11) is 0. The monoisotopic (exact) mass is 408 g/mol. The zero-order chi connectivity index (χ0) is 20.8. The first kappa shape index (κ1) is 20.6. The van der Waals surface area contributed by atoms with Gasteiger partial charge in [-0.25, -0.2) is 4.39 Å². The molecular formula is C23H21FN2O2S. The van der Waals surface area contributed by atoms with Gasteiger partial charge in [-0.2, -0.15) is 0 Å². The Morgan fingerprint density at radius 2 is 1.62 bits per heavy atom. The average molecular weight is 408 g/mol. The number of rotatable bonds is 6. The van der Waals surface area contributed by atoms with Crippen molar-refractivity contribution >= 4 is 35.0 Å². The molecular weight excluding hydrogens is 387 g/mol. The number of aryl methyl sites for hydroxylation is 1. The predicted octanol–water partition coefficient (Wildman–Crippen LogP) is 5.51. The molecule has 1 unspecified atom stereocenters. The summed E-state index contributed by atoms with van der Waals surface area (Å²) in [6.45, 7) is 3.69. The second-order valence-electron chi connectivity index (χ2n) is 6.55. The van der Waals surface area contributed by atoms with Gasteiger partial charge < -0.3 is 10.6 Å². The quantitative estimate of drug-likeness (QED) is 0.529. The smallest absolute Gasteiger partial charge is 0.255 e. The second kappa shape index (κ2) is 9.39. The van der Waals surface area contributed by atoms with E-state index in [1.165, 1.54) is 36.0 Å². The number of carbonyl (C=O) groups is 2.